The molecule has 1 aromatic rings. The van der Waals surface area contributed by atoms with E-state index in [1.165, 1.54) is 32.6 Å². The summed E-state index contributed by atoms with van der Waals surface area (Å²) in [4.78, 5) is 23.7. The van der Waals surface area contributed by atoms with E-state index in [0.29, 0.717) is 17.9 Å². The molecule has 1 saturated carbocycles. The van der Waals surface area contributed by atoms with Gasteiger partial charge >= 0.3 is 5.97 Å². The van der Waals surface area contributed by atoms with Crippen LogP contribution in [0.1, 0.15) is 51.0 Å². The van der Waals surface area contributed by atoms with Gasteiger partial charge in [-0.15, -0.1) is 0 Å². The normalized spacial score (nSPS) is 18.1. The Labute approximate surface area is 125 Å². The van der Waals surface area contributed by atoms with Gasteiger partial charge in [0, 0.05) is 6.42 Å². The van der Waals surface area contributed by atoms with Gasteiger partial charge in [0.15, 0.2) is 5.54 Å². The van der Waals surface area contributed by atoms with Crippen molar-refractivity contribution in [3.05, 3.63) is 35.9 Å². The van der Waals surface area contributed by atoms with E-state index in [1.54, 1.807) is 24.3 Å². The third-order valence-corrected chi connectivity index (χ3v) is 4.42. The first-order valence-electron chi connectivity index (χ1n) is 7.62. The van der Waals surface area contributed by atoms with Crippen LogP contribution in [-0.2, 0) is 15.1 Å². The van der Waals surface area contributed by atoms with Gasteiger partial charge in [0.2, 0.25) is 5.91 Å². The van der Waals surface area contributed by atoms with Crippen LogP contribution >= 0.6 is 0 Å². The fraction of sp³-hybridized carbons (Fsp3) is 0.529. The Morgan fingerprint density at radius 2 is 1.86 bits per heavy atom. The van der Waals surface area contributed by atoms with Crippen molar-refractivity contribution in [2.75, 3.05) is 0 Å². The molecule has 21 heavy (non-hydrogen) atoms. The summed E-state index contributed by atoms with van der Waals surface area (Å²) in [5.41, 5.74) is -0.777. The lowest BCUT2D eigenvalue weighted by atomic mass is 9.91. The molecule has 1 fully saturated rings. The van der Waals surface area contributed by atoms with Gasteiger partial charge in [0.1, 0.15) is 0 Å². The summed E-state index contributed by atoms with van der Waals surface area (Å²) >= 11 is 0. The van der Waals surface area contributed by atoms with E-state index in [0.717, 1.165) is 6.42 Å². The first kappa shape index (κ1) is 15.5. The molecule has 0 bridgehead atoms. The minimum Gasteiger partial charge on any atom is -0.479 e. The Kier molecular flexibility index (Phi) is 4.99. The molecule has 1 atom stereocenters. The van der Waals surface area contributed by atoms with Crippen molar-refractivity contribution in [3.63, 3.8) is 0 Å². The second-order valence-electron chi connectivity index (χ2n) is 6.03. The summed E-state index contributed by atoms with van der Waals surface area (Å²) < 4.78 is 0. The fourth-order valence-corrected chi connectivity index (χ4v) is 3.00. The molecule has 1 amide bonds. The first-order chi connectivity index (χ1) is 10.0. The van der Waals surface area contributed by atoms with Crippen molar-refractivity contribution in [2.24, 2.45) is 5.92 Å². The third kappa shape index (κ3) is 3.84. The van der Waals surface area contributed by atoms with Crippen LogP contribution in [0, 0.1) is 5.92 Å². The number of hydrogen-bond donors (Lipinski definition) is 2. The van der Waals surface area contributed by atoms with Crippen LogP contribution < -0.4 is 5.32 Å². The number of carbonyl (C=O) groups excluding carboxylic acids is 1. The van der Waals surface area contributed by atoms with Gasteiger partial charge in [-0.25, -0.2) is 4.79 Å². The molecule has 4 heteroatoms. The fourth-order valence-electron chi connectivity index (χ4n) is 3.00. The lowest BCUT2D eigenvalue weighted by molar-refractivity contribution is -0.147. The zero-order valence-electron chi connectivity index (χ0n) is 12.5. The van der Waals surface area contributed by atoms with Gasteiger partial charge in [0.25, 0.3) is 0 Å². The van der Waals surface area contributed by atoms with E-state index >= 15 is 0 Å². The first-order valence-corrected chi connectivity index (χ1v) is 7.62. The van der Waals surface area contributed by atoms with Crippen LogP contribution in [0.3, 0.4) is 0 Å². The molecule has 2 N–H and O–H groups in total. The maximum absolute atomic E-state index is 12.1. The highest BCUT2D eigenvalue weighted by atomic mass is 16.4. The molecule has 0 saturated heterocycles. The van der Waals surface area contributed by atoms with E-state index in [2.05, 4.69) is 5.32 Å². The van der Waals surface area contributed by atoms with Gasteiger partial charge in [-0.05, 0) is 24.8 Å². The maximum Gasteiger partial charge on any atom is 0.333 e. The maximum atomic E-state index is 12.1. The standard InChI is InChI=1S/C17H23NO3/c1-17(16(20)21,14-9-3-2-4-10-14)18-15(19)12-11-13-7-5-6-8-13/h2-4,9-10,13H,5-8,11-12H2,1H3,(H,18,19)(H,20,21). The van der Waals surface area contributed by atoms with Crippen LogP contribution in [0.2, 0.25) is 0 Å². The lowest BCUT2D eigenvalue weighted by Gasteiger charge is -2.27. The minimum absolute atomic E-state index is 0.185. The number of amides is 1. The highest BCUT2D eigenvalue weighted by molar-refractivity contribution is 5.87. The van der Waals surface area contributed by atoms with Crippen molar-refractivity contribution >= 4 is 11.9 Å². The van der Waals surface area contributed by atoms with E-state index in [-0.39, 0.29) is 5.91 Å². The molecule has 0 spiro atoms. The van der Waals surface area contributed by atoms with Crippen molar-refractivity contribution in [3.8, 4) is 0 Å². The van der Waals surface area contributed by atoms with Crippen LogP contribution in [0.5, 0.6) is 0 Å². The Hall–Kier alpha value is -1.84. The Bertz CT molecular complexity index is 494. The van der Waals surface area contributed by atoms with Gasteiger partial charge in [-0.3, -0.25) is 4.79 Å². The number of nitrogens with one attached hydrogen (secondary N) is 1. The van der Waals surface area contributed by atoms with Crippen LogP contribution in [0.15, 0.2) is 30.3 Å². The molecular formula is C17H23NO3. The average molecular weight is 289 g/mol. The molecule has 0 radical (unpaired) electrons. The summed E-state index contributed by atoms with van der Waals surface area (Å²) in [6, 6.07) is 8.84. The van der Waals surface area contributed by atoms with E-state index in [9.17, 15) is 14.7 Å². The summed E-state index contributed by atoms with van der Waals surface area (Å²) in [6.07, 6.45) is 6.16. The summed E-state index contributed by atoms with van der Waals surface area (Å²) in [5.74, 6) is -0.595. The van der Waals surface area contributed by atoms with Crippen molar-refractivity contribution in [2.45, 2.75) is 51.0 Å². The molecule has 1 aliphatic rings. The van der Waals surface area contributed by atoms with Crippen LogP contribution in [0.25, 0.3) is 0 Å². The number of carboxylic acids is 1. The molecule has 0 aromatic heterocycles. The smallest absolute Gasteiger partial charge is 0.333 e. The van der Waals surface area contributed by atoms with Crippen LogP contribution in [-0.4, -0.2) is 17.0 Å². The second-order valence-corrected chi connectivity index (χ2v) is 6.03. The third-order valence-electron chi connectivity index (χ3n) is 4.42. The quantitative estimate of drug-likeness (QED) is 0.845. The number of benzene rings is 1. The lowest BCUT2D eigenvalue weighted by Crippen LogP contribution is -2.49. The molecule has 114 valence electrons. The number of hydrogen-bond acceptors (Lipinski definition) is 2. The second kappa shape index (κ2) is 6.74. The van der Waals surface area contributed by atoms with Gasteiger partial charge in [-0.2, -0.15) is 0 Å². The topological polar surface area (TPSA) is 66.4 Å². The molecule has 1 unspecified atom stereocenters. The summed E-state index contributed by atoms with van der Waals surface area (Å²) in [5, 5.41) is 12.2. The Morgan fingerprint density at radius 3 is 2.43 bits per heavy atom. The molecule has 1 aliphatic carbocycles. The van der Waals surface area contributed by atoms with Crippen molar-refractivity contribution in [1.29, 1.82) is 0 Å². The number of aliphatic carboxylic acids is 1. The minimum atomic E-state index is -1.37. The van der Waals surface area contributed by atoms with Crippen molar-refractivity contribution < 1.29 is 14.7 Å². The highest BCUT2D eigenvalue weighted by Crippen LogP contribution is 2.29. The molecule has 4 nitrogen and oxygen atoms in total. The molecular weight excluding hydrogens is 266 g/mol. The highest BCUT2D eigenvalue weighted by Gasteiger charge is 2.36. The van der Waals surface area contributed by atoms with E-state index in [1.807, 2.05) is 6.07 Å². The summed E-state index contributed by atoms with van der Waals surface area (Å²) in [6.45, 7) is 1.54. The largest absolute Gasteiger partial charge is 0.479 e. The van der Waals surface area contributed by atoms with E-state index in [4.69, 9.17) is 0 Å². The molecule has 0 heterocycles. The molecule has 0 aliphatic heterocycles. The Morgan fingerprint density at radius 1 is 1.24 bits per heavy atom. The van der Waals surface area contributed by atoms with Crippen LogP contribution in [0.4, 0.5) is 0 Å². The van der Waals surface area contributed by atoms with Gasteiger partial charge in [-0.1, -0.05) is 56.0 Å². The Balaban J connectivity index is 1.99. The monoisotopic (exact) mass is 289 g/mol. The zero-order valence-corrected chi connectivity index (χ0v) is 12.5. The average Bonchev–Trinajstić information content (AvgIpc) is 2.99. The van der Waals surface area contributed by atoms with Gasteiger partial charge in [0.05, 0.1) is 0 Å². The predicted molar refractivity (Wildman–Crippen MR) is 80.8 cm³/mol. The number of carboxylic acid groups (broad SMARTS) is 1. The predicted octanol–water partition coefficient (Wildman–Crippen LogP) is 3.07. The SMILES string of the molecule is CC(NC(=O)CCC1CCCC1)(C(=O)O)c1ccccc1. The zero-order chi connectivity index (χ0) is 15.3. The molecule has 2 rings (SSSR count). The van der Waals surface area contributed by atoms with Gasteiger partial charge < -0.3 is 10.4 Å². The molecule has 1 aromatic carbocycles. The summed E-state index contributed by atoms with van der Waals surface area (Å²) in [7, 11) is 0. The number of rotatable bonds is 6. The number of carbonyl (C=O) groups is 2. The van der Waals surface area contributed by atoms with E-state index < -0.39 is 11.5 Å². The van der Waals surface area contributed by atoms with Crippen molar-refractivity contribution in [1.82, 2.24) is 5.32 Å².